The lowest BCUT2D eigenvalue weighted by atomic mass is 9.96. The lowest BCUT2D eigenvalue weighted by Gasteiger charge is -2.26. The van der Waals surface area contributed by atoms with Crippen molar-refractivity contribution >= 4 is 49.8 Å². The van der Waals surface area contributed by atoms with Gasteiger partial charge in [-0.05, 0) is 75.0 Å². The molecule has 9 aromatic rings. The third-order valence-electron chi connectivity index (χ3n) is 9.24. The fourth-order valence-corrected chi connectivity index (χ4v) is 6.96. The molecule has 0 spiro atoms. The fourth-order valence-electron chi connectivity index (χ4n) is 6.96. The average molecular weight is 614 g/mol. The van der Waals surface area contributed by atoms with E-state index in [0.29, 0.717) is 0 Å². The molecule has 0 N–H and O–H groups in total. The molecule has 0 aliphatic heterocycles. The van der Waals surface area contributed by atoms with Crippen molar-refractivity contribution in [1.82, 2.24) is 0 Å². The monoisotopic (exact) mass is 613 g/mol. The van der Waals surface area contributed by atoms with Gasteiger partial charge in [0.05, 0.1) is 5.69 Å². The van der Waals surface area contributed by atoms with Crippen LogP contribution in [0.1, 0.15) is 0 Å². The first-order valence-corrected chi connectivity index (χ1v) is 16.4. The maximum Gasteiger partial charge on any atom is 0.159 e. The molecular weight excluding hydrogens is 583 g/mol. The Morgan fingerprint density at radius 2 is 0.917 bits per heavy atom. The molecule has 1 aromatic heterocycles. The van der Waals surface area contributed by atoms with Crippen LogP contribution in [0.25, 0.3) is 66.1 Å². The minimum absolute atomic E-state index is 0.860. The van der Waals surface area contributed by atoms with Crippen LogP contribution in [-0.4, -0.2) is 0 Å². The van der Waals surface area contributed by atoms with Crippen molar-refractivity contribution in [2.24, 2.45) is 0 Å². The van der Waals surface area contributed by atoms with Crippen molar-refractivity contribution < 1.29 is 4.42 Å². The Bertz CT molecular complexity index is 2530. The van der Waals surface area contributed by atoms with E-state index >= 15 is 0 Å². The van der Waals surface area contributed by atoms with E-state index in [0.717, 1.165) is 55.7 Å². The Balaban J connectivity index is 1.30. The zero-order chi connectivity index (χ0) is 31.9. The summed E-state index contributed by atoms with van der Waals surface area (Å²) in [6.07, 6.45) is 0. The first-order valence-electron chi connectivity index (χ1n) is 16.4. The number of fused-ring (bicyclic) bond motifs is 5. The van der Waals surface area contributed by atoms with Gasteiger partial charge < -0.3 is 9.32 Å². The van der Waals surface area contributed by atoms with E-state index < -0.39 is 0 Å². The molecule has 0 radical (unpaired) electrons. The van der Waals surface area contributed by atoms with Gasteiger partial charge in [0, 0.05) is 27.7 Å². The van der Waals surface area contributed by atoms with Gasteiger partial charge in [0.1, 0.15) is 5.58 Å². The molecule has 0 aliphatic carbocycles. The number of benzene rings is 8. The number of anilines is 3. The van der Waals surface area contributed by atoms with Gasteiger partial charge in [0.2, 0.25) is 0 Å². The van der Waals surface area contributed by atoms with E-state index in [2.05, 4.69) is 193 Å². The quantitative estimate of drug-likeness (QED) is 0.185. The normalized spacial score (nSPS) is 11.3. The highest BCUT2D eigenvalue weighted by Gasteiger charge is 2.22. The van der Waals surface area contributed by atoms with Crippen molar-refractivity contribution in [3.8, 4) is 33.4 Å². The molecule has 0 unspecified atom stereocenters. The topological polar surface area (TPSA) is 16.4 Å². The molecule has 0 fully saturated rings. The predicted octanol–water partition coefficient (Wildman–Crippen LogP) is 13.2. The number of nitrogens with zero attached hydrogens (tertiary/aromatic N) is 1. The third-order valence-corrected chi connectivity index (χ3v) is 9.24. The van der Waals surface area contributed by atoms with Crippen LogP contribution in [0.3, 0.4) is 0 Å². The summed E-state index contributed by atoms with van der Waals surface area (Å²) >= 11 is 0. The Morgan fingerprint density at radius 1 is 0.354 bits per heavy atom. The minimum Gasteiger partial charge on any atom is -0.453 e. The predicted molar refractivity (Wildman–Crippen MR) is 202 cm³/mol. The molecule has 0 bridgehead atoms. The Morgan fingerprint density at radius 3 is 1.65 bits per heavy atom. The molecule has 1 heterocycles. The van der Waals surface area contributed by atoms with E-state index in [1.807, 2.05) is 0 Å². The Kier molecular flexibility index (Phi) is 6.84. The van der Waals surface area contributed by atoms with Gasteiger partial charge in [-0.25, -0.2) is 0 Å². The minimum atomic E-state index is 0.860. The molecule has 226 valence electrons. The highest BCUT2D eigenvalue weighted by Crippen LogP contribution is 2.46. The first kappa shape index (κ1) is 27.9. The average Bonchev–Trinajstić information content (AvgIpc) is 3.57. The van der Waals surface area contributed by atoms with Crippen molar-refractivity contribution in [2.45, 2.75) is 0 Å². The van der Waals surface area contributed by atoms with Crippen LogP contribution in [0.4, 0.5) is 17.1 Å². The van der Waals surface area contributed by atoms with Gasteiger partial charge >= 0.3 is 0 Å². The zero-order valence-electron chi connectivity index (χ0n) is 26.3. The van der Waals surface area contributed by atoms with Gasteiger partial charge in [-0.2, -0.15) is 0 Å². The lowest BCUT2D eigenvalue weighted by molar-refractivity contribution is 0.670. The smallest absolute Gasteiger partial charge is 0.159 e. The maximum atomic E-state index is 7.07. The molecule has 48 heavy (non-hydrogen) atoms. The van der Waals surface area contributed by atoms with E-state index in [9.17, 15) is 0 Å². The Labute approximate surface area is 279 Å². The fraction of sp³-hybridized carbons (Fsp3) is 0. The molecule has 0 saturated carbocycles. The summed E-state index contributed by atoms with van der Waals surface area (Å²) in [4.78, 5) is 2.33. The van der Waals surface area contributed by atoms with Crippen LogP contribution >= 0.6 is 0 Å². The number of para-hydroxylation sites is 1. The van der Waals surface area contributed by atoms with Crippen molar-refractivity contribution in [2.75, 3.05) is 4.90 Å². The highest BCUT2D eigenvalue weighted by atomic mass is 16.3. The SMILES string of the molecule is c1ccc(-c2ccc(N(c3cccc(-c4ccccc4)c3)c3cccc4c3oc3c(-c5ccccc5)cc5ccccc5c34)cc2)cc1. The van der Waals surface area contributed by atoms with Crippen LogP contribution in [0.5, 0.6) is 0 Å². The van der Waals surface area contributed by atoms with Crippen LogP contribution in [0.2, 0.25) is 0 Å². The second-order valence-corrected chi connectivity index (χ2v) is 12.1. The van der Waals surface area contributed by atoms with Gasteiger partial charge in [0.15, 0.2) is 5.58 Å². The molecule has 0 aliphatic rings. The van der Waals surface area contributed by atoms with Gasteiger partial charge in [-0.3, -0.25) is 0 Å². The van der Waals surface area contributed by atoms with E-state index in [1.165, 1.54) is 27.5 Å². The molecule has 9 rings (SSSR count). The van der Waals surface area contributed by atoms with Gasteiger partial charge in [-0.1, -0.05) is 152 Å². The van der Waals surface area contributed by atoms with Crippen molar-refractivity contribution in [3.05, 3.63) is 188 Å². The molecule has 0 saturated heterocycles. The summed E-state index contributed by atoms with van der Waals surface area (Å²) in [6.45, 7) is 0. The second kappa shape index (κ2) is 11.8. The zero-order valence-corrected chi connectivity index (χ0v) is 26.3. The standard InChI is InChI=1S/C46H31NO/c1-4-14-32(15-5-1)34-26-28-38(29-27-34)47(39-22-12-21-36(30-39)33-16-6-2-7-17-33)43-25-13-24-41-44-40-23-11-10-20-37(40)31-42(46(44)48-45(41)43)35-18-8-3-9-19-35/h1-31H. The molecule has 2 nitrogen and oxygen atoms in total. The molecule has 0 atom stereocenters. The largest absolute Gasteiger partial charge is 0.453 e. The van der Waals surface area contributed by atoms with Crippen molar-refractivity contribution in [1.29, 1.82) is 0 Å². The van der Waals surface area contributed by atoms with E-state index in [4.69, 9.17) is 4.42 Å². The third kappa shape index (κ3) is 4.83. The summed E-state index contributed by atoms with van der Waals surface area (Å²) < 4.78 is 7.07. The summed E-state index contributed by atoms with van der Waals surface area (Å²) in [5.41, 5.74) is 11.8. The van der Waals surface area contributed by atoms with Crippen LogP contribution in [0, 0.1) is 0 Å². The van der Waals surface area contributed by atoms with Crippen LogP contribution < -0.4 is 4.90 Å². The molecular formula is C46H31NO. The summed E-state index contributed by atoms with van der Waals surface area (Å²) in [7, 11) is 0. The van der Waals surface area contributed by atoms with Gasteiger partial charge in [0.25, 0.3) is 0 Å². The summed E-state index contributed by atoms with van der Waals surface area (Å²) in [5.74, 6) is 0. The Hall–Kier alpha value is -6.38. The number of rotatable bonds is 6. The number of hydrogen-bond acceptors (Lipinski definition) is 2. The highest BCUT2D eigenvalue weighted by molar-refractivity contribution is 6.24. The molecule has 2 heteroatoms. The lowest BCUT2D eigenvalue weighted by Crippen LogP contribution is -2.10. The molecule has 8 aromatic carbocycles. The first-order chi connectivity index (χ1) is 23.8. The summed E-state index contributed by atoms with van der Waals surface area (Å²) in [6, 6.07) is 66.7. The van der Waals surface area contributed by atoms with Gasteiger partial charge in [-0.15, -0.1) is 0 Å². The number of hydrogen-bond donors (Lipinski definition) is 0. The van der Waals surface area contributed by atoms with Crippen LogP contribution in [-0.2, 0) is 0 Å². The maximum absolute atomic E-state index is 7.07. The van der Waals surface area contributed by atoms with Crippen molar-refractivity contribution in [3.63, 3.8) is 0 Å². The second-order valence-electron chi connectivity index (χ2n) is 12.1. The van der Waals surface area contributed by atoms with E-state index in [-0.39, 0.29) is 0 Å². The summed E-state index contributed by atoms with van der Waals surface area (Å²) in [5, 5.41) is 4.62. The van der Waals surface area contributed by atoms with E-state index in [1.54, 1.807) is 0 Å². The molecule has 0 amide bonds. The van der Waals surface area contributed by atoms with Crippen LogP contribution in [0.15, 0.2) is 192 Å². The number of furan rings is 1.